The van der Waals surface area contributed by atoms with Crippen molar-refractivity contribution in [3.63, 3.8) is 0 Å². The van der Waals surface area contributed by atoms with E-state index in [0.717, 1.165) is 0 Å². The summed E-state index contributed by atoms with van der Waals surface area (Å²) in [5, 5.41) is 0. The molecule has 0 heterocycles. The van der Waals surface area contributed by atoms with Crippen LogP contribution in [0, 0.1) is 0 Å². The maximum atomic E-state index is 4.73. The van der Waals surface area contributed by atoms with Gasteiger partial charge in [-0.2, -0.15) is 0 Å². The van der Waals surface area contributed by atoms with E-state index in [2.05, 4.69) is 41.5 Å². The van der Waals surface area contributed by atoms with Gasteiger partial charge < -0.3 is 0 Å². The summed E-state index contributed by atoms with van der Waals surface area (Å²) in [4.78, 5) is 0. The Bertz CT molecular complexity index is 41.4. The van der Waals surface area contributed by atoms with Crippen molar-refractivity contribution in [2.45, 2.75) is 0 Å². The molecule has 0 aromatic heterocycles. The average Bonchev–Trinajstić information content (AvgIpc) is 1.69. The van der Waals surface area contributed by atoms with E-state index in [1.165, 1.54) is 0 Å². The molecule has 0 saturated carbocycles. The summed E-state index contributed by atoms with van der Waals surface area (Å²) < 4.78 is 3.08. The van der Waals surface area contributed by atoms with E-state index in [4.69, 9.17) is 5.84 Å². The Hall–Kier alpha value is 0.0935. The van der Waals surface area contributed by atoms with Crippen LogP contribution in [0.15, 0.2) is 4.14 Å². The van der Waals surface area contributed by atoms with E-state index in [1.807, 2.05) is 0 Å². The molecule has 0 fully saturated rings. The Morgan fingerprint density at radius 3 is 2.57 bits per heavy atom. The van der Waals surface area contributed by atoms with Gasteiger partial charge in [0.1, 0.15) is 0 Å². The molecule has 46 valence electrons. The first-order valence-corrected chi connectivity index (χ1v) is 1.85. The fourth-order valence-corrected chi connectivity index (χ4v) is 0.137. The summed E-state index contributed by atoms with van der Waals surface area (Å²) in [5.74, 6) is 4.73. The molecule has 0 unspecified atom stereocenters. The van der Waals surface area contributed by atoms with Crippen LogP contribution in [0.1, 0.15) is 0 Å². The SMILES string of the molecule is NNNNN[N]=[Ni]. The van der Waals surface area contributed by atoms with Crippen LogP contribution < -0.4 is 28.0 Å². The zero-order chi connectivity index (χ0) is 5.54. The van der Waals surface area contributed by atoms with Crippen molar-refractivity contribution in [2.75, 3.05) is 0 Å². The number of nitrogens with one attached hydrogen (secondary N) is 4. The topological polar surface area (TPSA) is 86.5 Å². The van der Waals surface area contributed by atoms with Crippen molar-refractivity contribution in [1.82, 2.24) is 22.1 Å². The van der Waals surface area contributed by atoms with Gasteiger partial charge in [0.05, 0.1) is 0 Å². The minimum atomic E-state index is 2.08. The van der Waals surface area contributed by atoms with Crippen LogP contribution in [0.25, 0.3) is 0 Å². The van der Waals surface area contributed by atoms with E-state index in [9.17, 15) is 0 Å². The van der Waals surface area contributed by atoms with E-state index in [-0.39, 0.29) is 0 Å². The summed E-state index contributed by atoms with van der Waals surface area (Å²) in [6, 6.07) is 0. The van der Waals surface area contributed by atoms with Gasteiger partial charge >= 0.3 is 47.4 Å². The Labute approximate surface area is 48.2 Å². The number of nitrogens with two attached hydrogens (primary N) is 1. The second kappa shape index (κ2) is 6.09. The van der Waals surface area contributed by atoms with Crippen LogP contribution in [0.5, 0.6) is 0 Å². The predicted octanol–water partition coefficient (Wildman–Crippen LogP) is -2.39. The van der Waals surface area contributed by atoms with Crippen LogP contribution in [0.4, 0.5) is 0 Å². The first-order valence-electron chi connectivity index (χ1n) is 1.40. The van der Waals surface area contributed by atoms with Gasteiger partial charge in [0.15, 0.2) is 0 Å². The molecule has 0 radical (unpaired) electrons. The van der Waals surface area contributed by atoms with Crippen molar-refractivity contribution in [3.8, 4) is 0 Å². The van der Waals surface area contributed by atoms with Gasteiger partial charge in [0, 0.05) is 0 Å². The molecule has 0 rings (SSSR count). The monoisotopic (exact) mass is 148 g/mol. The standard InChI is InChI=1S/H6N6.Ni/c1-3-5-6-4-2;/h3-6H,1H2;. The second-order valence-corrected chi connectivity index (χ2v) is 0.798. The molecule has 7 heteroatoms. The fraction of sp³-hybridized carbons (Fsp3) is 0. The van der Waals surface area contributed by atoms with Gasteiger partial charge in [-0.05, 0) is 0 Å². The number of hydrogen-bond acceptors (Lipinski definition) is 6. The minimum absolute atomic E-state index is 2.08. The van der Waals surface area contributed by atoms with Gasteiger partial charge in [-0.3, -0.25) is 0 Å². The van der Waals surface area contributed by atoms with Crippen LogP contribution in [0.2, 0.25) is 0 Å². The summed E-state index contributed by atoms with van der Waals surface area (Å²) in [5.41, 5.74) is 8.83. The second-order valence-electron chi connectivity index (χ2n) is 0.577. The van der Waals surface area contributed by atoms with Crippen LogP contribution in [-0.2, 0) is 15.3 Å². The fourth-order valence-electron chi connectivity index (χ4n) is 0.0817. The van der Waals surface area contributed by atoms with Crippen LogP contribution >= 0.6 is 0 Å². The molecule has 0 aromatic rings. The van der Waals surface area contributed by atoms with E-state index >= 15 is 0 Å². The molecule has 0 amide bonds. The first kappa shape index (κ1) is 7.09. The quantitative estimate of drug-likeness (QED) is 0.133. The zero-order valence-corrected chi connectivity index (χ0v) is 4.33. The van der Waals surface area contributed by atoms with Crippen LogP contribution in [-0.4, -0.2) is 0 Å². The Morgan fingerprint density at radius 2 is 2.14 bits per heavy atom. The molecule has 6 N–H and O–H groups in total. The summed E-state index contributed by atoms with van der Waals surface area (Å²) in [7, 11) is 0. The van der Waals surface area contributed by atoms with Gasteiger partial charge in [-0.25, -0.2) is 0 Å². The van der Waals surface area contributed by atoms with Gasteiger partial charge in [0.25, 0.3) is 0 Å². The van der Waals surface area contributed by atoms with Crippen molar-refractivity contribution in [3.05, 3.63) is 0 Å². The molecule has 0 aliphatic carbocycles. The first-order chi connectivity index (χ1) is 3.41. The predicted molar refractivity (Wildman–Crippen MR) is 19.2 cm³/mol. The van der Waals surface area contributed by atoms with Gasteiger partial charge in [-0.15, -0.1) is 0 Å². The van der Waals surface area contributed by atoms with Gasteiger partial charge in [0.2, 0.25) is 0 Å². The molecule has 0 aliphatic heterocycles. The number of nitrogens with zero attached hydrogens (tertiary/aromatic N) is 1. The van der Waals surface area contributed by atoms with Crippen molar-refractivity contribution in [2.24, 2.45) is 9.98 Å². The van der Waals surface area contributed by atoms with Crippen molar-refractivity contribution < 1.29 is 15.3 Å². The van der Waals surface area contributed by atoms with E-state index in [0.29, 0.717) is 0 Å². The van der Waals surface area contributed by atoms with E-state index in [1.54, 1.807) is 0 Å². The third-order valence-corrected chi connectivity index (χ3v) is 0.336. The molecule has 7 heavy (non-hydrogen) atoms. The molecule has 0 aliphatic rings. The molecule has 0 atom stereocenters. The van der Waals surface area contributed by atoms with E-state index < -0.39 is 0 Å². The molecular formula is H6N6Ni. The summed E-state index contributed by atoms with van der Waals surface area (Å²) in [6.45, 7) is 0. The van der Waals surface area contributed by atoms with Crippen molar-refractivity contribution in [1.29, 1.82) is 0 Å². The zero-order valence-electron chi connectivity index (χ0n) is 3.34. The normalized spacial score (nSPS) is 9.00. The number of rotatable bonds is 4. The van der Waals surface area contributed by atoms with Crippen LogP contribution in [0.3, 0.4) is 0 Å². The Balaban J connectivity index is 2.56. The molecule has 0 aromatic carbocycles. The molecule has 6 nitrogen and oxygen atoms in total. The third-order valence-electron chi connectivity index (χ3n) is 0.226. The molecule has 0 spiro atoms. The number of hydrogen-bond donors (Lipinski definition) is 5. The third kappa shape index (κ3) is 6.09. The Morgan fingerprint density at radius 1 is 1.43 bits per heavy atom. The molecule has 0 saturated heterocycles. The van der Waals surface area contributed by atoms with Crippen molar-refractivity contribution >= 4 is 0 Å². The maximum absolute atomic E-state index is 4.73. The Kier molecular flexibility index (Phi) is 6.17. The summed E-state index contributed by atoms with van der Waals surface area (Å²) in [6.07, 6.45) is 0. The molecule has 0 bridgehead atoms. The summed E-state index contributed by atoms with van der Waals surface area (Å²) >= 11 is 3.86. The molecular weight excluding hydrogens is 143 g/mol. The average molecular weight is 149 g/mol. The van der Waals surface area contributed by atoms with Gasteiger partial charge in [-0.1, -0.05) is 0 Å². The number of hydrazine groups is 4.